The van der Waals surface area contributed by atoms with E-state index in [-0.39, 0.29) is 34.2 Å². The maximum Gasteiger partial charge on any atom is 0.417 e. The van der Waals surface area contributed by atoms with Crippen LogP contribution in [-0.4, -0.2) is 24.7 Å². The van der Waals surface area contributed by atoms with E-state index >= 15 is 0 Å². The van der Waals surface area contributed by atoms with Crippen LogP contribution < -0.4 is 0 Å². The van der Waals surface area contributed by atoms with Crippen LogP contribution in [0.4, 0.5) is 13.2 Å². The number of benzene rings is 1. The van der Waals surface area contributed by atoms with Gasteiger partial charge in [-0.2, -0.15) is 18.3 Å². The Morgan fingerprint density at radius 3 is 2.54 bits per heavy atom. The van der Waals surface area contributed by atoms with Crippen molar-refractivity contribution in [2.45, 2.75) is 56.5 Å². The molecule has 0 aliphatic heterocycles. The van der Waals surface area contributed by atoms with Crippen molar-refractivity contribution in [3.05, 3.63) is 52.3 Å². The van der Waals surface area contributed by atoms with Gasteiger partial charge in [0.05, 0.1) is 22.5 Å². The average Bonchev–Trinajstić information content (AvgIpc) is 3.47. The molecule has 0 amide bonds. The summed E-state index contributed by atoms with van der Waals surface area (Å²) in [6, 6.07) is 6.96. The van der Waals surface area contributed by atoms with E-state index < -0.39 is 11.7 Å². The molecule has 0 saturated heterocycles. The maximum absolute atomic E-state index is 13.6. The Labute approximate surface area is 211 Å². The zero-order chi connectivity index (χ0) is 23.7. The van der Waals surface area contributed by atoms with Crippen molar-refractivity contribution < 1.29 is 13.2 Å². The highest BCUT2D eigenvalue weighted by atomic mass is 35.5. The highest BCUT2D eigenvalue weighted by molar-refractivity contribution is 6.34. The van der Waals surface area contributed by atoms with Gasteiger partial charge in [0.15, 0.2) is 11.0 Å². The van der Waals surface area contributed by atoms with Crippen LogP contribution in [0.2, 0.25) is 5.15 Å². The molecule has 3 heterocycles. The molecule has 1 aromatic carbocycles. The number of rotatable bonds is 2. The number of hydrogen-bond donors (Lipinski definition) is 1. The fraction of sp³-hybridized carbons (Fsp3) is 0.400. The minimum absolute atomic E-state index is 0. The predicted octanol–water partition coefficient (Wildman–Crippen LogP) is 7.27. The highest BCUT2D eigenvalue weighted by Gasteiger charge is 2.44. The molecular formula is C25H24Cl2F3N5. The zero-order valence-corrected chi connectivity index (χ0v) is 20.6. The third-order valence-corrected chi connectivity index (χ3v) is 7.73. The lowest BCUT2D eigenvalue weighted by atomic mass is 9.72. The first-order valence-corrected chi connectivity index (χ1v) is 11.9. The van der Waals surface area contributed by atoms with Gasteiger partial charge >= 0.3 is 6.18 Å². The first kappa shape index (κ1) is 24.1. The fourth-order valence-corrected chi connectivity index (χ4v) is 6.14. The van der Waals surface area contributed by atoms with Crippen LogP contribution >= 0.6 is 24.0 Å². The molecule has 1 spiro atoms. The zero-order valence-electron chi connectivity index (χ0n) is 19.0. The molecule has 0 radical (unpaired) electrons. The SMILES string of the molecule is Cl.Cn1nc2c(c1-c1nc3c(Cl)nc(-c4ccccc4C(F)(F)F)cc3[nH]1)CCC21CCCCC1. The van der Waals surface area contributed by atoms with E-state index in [1.807, 2.05) is 11.7 Å². The van der Waals surface area contributed by atoms with Gasteiger partial charge in [0.1, 0.15) is 11.2 Å². The number of alkyl halides is 3. The minimum atomic E-state index is -4.50. The number of nitrogens with one attached hydrogen (secondary N) is 1. The van der Waals surface area contributed by atoms with E-state index in [1.54, 1.807) is 12.1 Å². The van der Waals surface area contributed by atoms with Gasteiger partial charge in [-0.25, -0.2) is 9.97 Å². The first-order valence-electron chi connectivity index (χ1n) is 11.6. The minimum Gasteiger partial charge on any atom is -0.336 e. The summed E-state index contributed by atoms with van der Waals surface area (Å²) < 4.78 is 42.6. The number of H-pyrrole nitrogens is 1. The van der Waals surface area contributed by atoms with E-state index in [2.05, 4.69) is 9.97 Å². The summed E-state index contributed by atoms with van der Waals surface area (Å²) in [4.78, 5) is 12.3. The Bertz CT molecular complexity index is 1420. The summed E-state index contributed by atoms with van der Waals surface area (Å²) in [5.74, 6) is 0.615. The van der Waals surface area contributed by atoms with Gasteiger partial charge < -0.3 is 4.98 Å². The summed E-state index contributed by atoms with van der Waals surface area (Å²) in [5, 5.41) is 4.99. The summed E-state index contributed by atoms with van der Waals surface area (Å²) in [5.41, 5.74) is 3.86. The fourth-order valence-electron chi connectivity index (χ4n) is 5.90. The van der Waals surface area contributed by atoms with Gasteiger partial charge in [-0.1, -0.05) is 49.1 Å². The van der Waals surface area contributed by atoms with E-state index in [0.29, 0.717) is 16.9 Å². The van der Waals surface area contributed by atoms with Gasteiger partial charge in [-0.05, 0) is 37.8 Å². The van der Waals surface area contributed by atoms with Crippen LogP contribution in [0.25, 0.3) is 33.8 Å². The monoisotopic (exact) mass is 521 g/mol. The number of hydrogen-bond acceptors (Lipinski definition) is 3. The number of aromatic nitrogens is 5. The Morgan fingerprint density at radius 2 is 1.80 bits per heavy atom. The van der Waals surface area contributed by atoms with Crippen molar-refractivity contribution >= 4 is 35.0 Å². The molecule has 0 atom stereocenters. The van der Waals surface area contributed by atoms with Crippen molar-refractivity contribution in [3.8, 4) is 22.8 Å². The van der Waals surface area contributed by atoms with Crippen molar-refractivity contribution in [2.24, 2.45) is 7.05 Å². The smallest absolute Gasteiger partial charge is 0.336 e. The molecule has 0 unspecified atom stereocenters. The largest absolute Gasteiger partial charge is 0.417 e. The third kappa shape index (κ3) is 3.82. The molecule has 10 heteroatoms. The van der Waals surface area contributed by atoms with E-state index in [4.69, 9.17) is 21.7 Å². The van der Waals surface area contributed by atoms with E-state index in [1.165, 1.54) is 55.5 Å². The highest BCUT2D eigenvalue weighted by Crippen LogP contribution is 2.50. The second kappa shape index (κ2) is 8.52. The van der Waals surface area contributed by atoms with Gasteiger partial charge in [0.25, 0.3) is 0 Å². The van der Waals surface area contributed by atoms with Crippen molar-refractivity contribution in [1.82, 2.24) is 24.7 Å². The van der Waals surface area contributed by atoms with Crippen LogP contribution in [0.1, 0.15) is 55.3 Å². The van der Waals surface area contributed by atoms with Crippen LogP contribution in [0.5, 0.6) is 0 Å². The molecule has 2 aliphatic rings. The predicted molar refractivity (Wildman–Crippen MR) is 132 cm³/mol. The number of halogens is 5. The summed E-state index contributed by atoms with van der Waals surface area (Å²) in [7, 11) is 1.92. The lowest BCUT2D eigenvalue weighted by Gasteiger charge is -2.32. The number of pyridine rings is 1. The van der Waals surface area contributed by atoms with Crippen LogP contribution in [0.15, 0.2) is 30.3 Å². The Kier molecular flexibility index (Phi) is 5.87. The maximum atomic E-state index is 13.6. The van der Waals surface area contributed by atoms with Crippen molar-refractivity contribution in [3.63, 3.8) is 0 Å². The van der Waals surface area contributed by atoms with E-state index in [9.17, 15) is 13.2 Å². The molecule has 2 aliphatic carbocycles. The molecule has 1 saturated carbocycles. The van der Waals surface area contributed by atoms with Gasteiger partial charge in [-0.15, -0.1) is 12.4 Å². The van der Waals surface area contributed by atoms with Gasteiger partial charge in [-0.3, -0.25) is 4.68 Å². The molecule has 0 bridgehead atoms. The standard InChI is InChI=1S/C25H23ClF3N5.ClH/c1-34-20(15-9-12-24(21(15)33-34)10-5-2-6-11-24)23-31-18-13-17(30-22(26)19(18)32-23)14-7-3-4-8-16(14)25(27,28)29;/h3-4,7-8,13H,2,5-6,9-12H2,1H3,(H,31,32);1H. The molecule has 3 aromatic heterocycles. The molecule has 1 N–H and O–H groups in total. The molecule has 4 aromatic rings. The summed E-state index contributed by atoms with van der Waals surface area (Å²) >= 11 is 6.43. The van der Waals surface area contributed by atoms with Crippen molar-refractivity contribution in [2.75, 3.05) is 0 Å². The second-order valence-electron chi connectivity index (χ2n) is 9.46. The Hall–Kier alpha value is -2.58. The molecule has 6 rings (SSSR count). The molecule has 184 valence electrons. The topological polar surface area (TPSA) is 59.4 Å². The quantitative estimate of drug-likeness (QED) is 0.282. The van der Waals surface area contributed by atoms with Crippen molar-refractivity contribution in [1.29, 1.82) is 0 Å². The number of nitrogens with zero attached hydrogens (tertiary/aromatic N) is 4. The molecule has 1 fully saturated rings. The molecule has 35 heavy (non-hydrogen) atoms. The van der Waals surface area contributed by atoms with Gasteiger partial charge in [0, 0.05) is 23.6 Å². The van der Waals surface area contributed by atoms with Gasteiger partial charge in [0.2, 0.25) is 0 Å². The first-order chi connectivity index (χ1) is 16.3. The average molecular weight is 522 g/mol. The number of aryl methyl sites for hydroxylation is 1. The molecular weight excluding hydrogens is 498 g/mol. The summed E-state index contributed by atoms with van der Waals surface area (Å²) in [6.07, 6.45) is 3.67. The lowest BCUT2D eigenvalue weighted by Crippen LogP contribution is -2.27. The third-order valence-electron chi connectivity index (χ3n) is 7.47. The Morgan fingerprint density at radius 1 is 1.06 bits per heavy atom. The Balaban J connectivity index is 0.00000253. The van der Waals surface area contributed by atoms with Crippen LogP contribution in [0.3, 0.4) is 0 Å². The van der Waals surface area contributed by atoms with Crippen LogP contribution in [-0.2, 0) is 25.1 Å². The second-order valence-corrected chi connectivity index (χ2v) is 9.82. The summed E-state index contributed by atoms with van der Waals surface area (Å²) in [6.45, 7) is 0. The number of imidazole rings is 1. The normalized spacial score (nSPS) is 17.1. The number of fused-ring (bicyclic) bond motifs is 3. The van der Waals surface area contributed by atoms with Crippen LogP contribution in [0, 0.1) is 0 Å². The number of aromatic amines is 1. The molecule has 5 nitrogen and oxygen atoms in total. The lowest BCUT2D eigenvalue weighted by molar-refractivity contribution is -0.137. The van der Waals surface area contributed by atoms with E-state index in [0.717, 1.165) is 24.6 Å².